The number of likely N-dealkylation sites (N-methyl/N-ethyl adjacent to an activating group) is 1. The number of hydrogen-bond acceptors (Lipinski definition) is 7. The van der Waals surface area contributed by atoms with Crippen molar-refractivity contribution in [3.8, 4) is 0 Å². The van der Waals surface area contributed by atoms with E-state index in [-0.39, 0.29) is 10.8 Å². The average Bonchev–Trinajstić information content (AvgIpc) is 3.24. The third kappa shape index (κ3) is 5.66. The molecule has 0 bridgehead atoms. The topological polar surface area (TPSA) is 109 Å². The largest absolute Gasteiger partial charge is 0.436 e. The zero-order valence-corrected chi connectivity index (χ0v) is 23.5. The Labute approximate surface area is 223 Å². The third-order valence-electron chi connectivity index (χ3n) is 10.5. The highest BCUT2D eigenvalue weighted by atomic mass is 16.7. The van der Waals surface area contributed by atoms with E-state index in [0.29, 0.717) is 62.1 Å². The van der Waals surface area contributed by atoms with Gasteiger partial charge in [0, 0.05) is 51.6 Å². The molecule has 8 nitrogen and oxygen atoms in total. The van der Waals surface area contributed by atoms with Crippen LogP contribution >= 0.6 is 0 Å². The molecule has 4 rings (SSSR count). The molecule has 4 N–H and O–H groups in total. The van der Waals surface area contributed by atoms with Gasteiger partial charge < -0.3 is 21.3 Å². The van der Waals surface area contributed by atoms with Crippen molar-refractivity contribution >= 4 is 17.6 Å². The first-order valence-corrected chi connectivity index (χ1v) is 14.5. The van der Waals surface area contributed by atoms with Crippen molar-refractivity contribution in [1.82, 2.24) is 15.5 Å². The summed E-state index contributed by atoms with van der Waals surface area (Å²) in [5.41, 5.74) is 8.50. The molecule has 0 heterocycles. The van der Waals surface area contributed by atoms with Gasteiger partial charge in [0.2, 0.25) is 0 Å². The number of rotatable bonds is 10. The number of hydrogen-bond donors (Lipinski definition) is 3. The van der Waals surface area contributed by atoms with Crippen LogP contribution in [0.25, 0.3) is 0 Å². The second-order valence-electron chi connectivity index (χ2n) is 12.4. The van der Waals surface area contributed by atoms with Gasteiger partial charge in [0.05, 0.1) is 5.71 Å². The van der Waals surface area contributed by atoms with E-state index in [0.717, 1.165) is 38.1 Å². The summed E-state index contributed by atoms with van der Waals surface area (Å²) in [5.74, 6) is 2.73. The number of nitrogens with one attached hydrogen (secondary N) is 2. The number of nitrogens with zero attached hydrogens (tertiary/aromatic N) is 2. The Morgan fingerprint density at radius 3 is 2.68 bits per heavy atom. The Bertz CT molecular complexity index is 904. The lowest BCUT2D eigenvalue weighted by molar-refractivity contribution is -0.117. The zero-order chi connectivity index (χ0) is 26.6. The quantitative estimate of drug-likeness (QED) is 0.177. The monoisotopic (exact) mass is 515 g/mol. The molecule has 0 aromatic carbocycles. The minimum absolute atomic E-state index is 0.192. The molecule has 6 atom stereocenters. The number of fused-ring (bicyclic) bond motifs is 5. The van der Waals surface area contributed by atoms with E-state index >= 15 is 0 Å². The highest BCUT2D eigenvalue weighted by Gasteiger charge is 2.59. The molecule has 37 heavy (non-hydrogen) atoms. The van der Waals surface area contributed by atoms with E-state index in [2.05, 4.69) is 29.6 Å². The second-order valence-corrected chi connectivity index (χ2v) is 12.4. The predicted octanol–water partition coefficient (Wildman–Crippen LogP) is 3.72. The van der Waals surface area contributed by atoms with E-state index in [1.54, 1.807) is 4.90 Å². The zero-order valence-electron chi connectivity index (χ0n) is 23.5. The number of oxime groups is 1. The number of carbonyl (C=O) groups excluding carboxylic acids is 2. The molecule has 3 fully saturated rings. The SMILES string of the molecule is CNCCNCCN(CCN)C(=O)O/N=C(\C)[C@H]1CC[C@H]2[C@@H]3CCC4=CC(=O)CC[C@]4(C)[C@H]3CC[C@]12C. The Kier molecular flexibility index (Phi) is 9.13. The van der Waals surface area contributed by atoms with Crippen LogP contribution in [0.5, 0.6) is 0 Å². The Morgan fingerprint density at radius 1 is 1.11 bits per heavy atom. The molecule has 1 amide bonds. The first-order valence-electron chi connectivity index (χ1n) is 14.5. The third-order valence-corrected chi connectivity index (χ3v) is 10.5. The van der Waals surface area contributed by atoms with Crippen molar-refractivity contribution in [3.05, 3.63) is 11.6 Å². The number of ketones is 1. The van der Waals surface area contributed by atoms with Gasteiger partial charge in [-0.1, -0.05) is 24.6 Å². The van der Waals surface area contributed by atoms with Crippen LogP contribution in [0.15, 0.2) is 16.8 Å². The van der Waals surface area contributed by atoms with Gasteiger partial charge in [-0.05, 0) is 93.6 Å². The number of carbonyl (C=O) groups is 2. The summed E-state index contributed by atoms with van der Waals surface area (Å²) in [6.07, 6.45) is 10.3. The number of amides is 1. The van der Waals surface area contributed by atoms with Crippen molar-refractivity contribution in [2.24, 2.45) is 45.4 Å². The first-order chi connectivity index (χ1) is 17.7. The summed E-state index contributed by atoms with van der Waals surface area (Å²) in [7, 11) is 1.92. The molecule has 208 valence electrons. The van der Waals surface area contributed by atoms with Crippen LogP contribution in [0.2, 0.25) is 0 Å². The second kappa shape index (κ2) is 12.0. The van der Waals surface area contributed by atoms with Gasteiger partial charge in [-0.15, -0.1) is 0 Å². The fourth-order valence-corrected chi connectivity index (χ4v) is 8.48. The van der Waals surface area contributed by atoms with Crippen LogP contribution in [0, 0.1) is 34.5 Å². The minimum atomic E-state index is -0.421. The van der Waals surface area contributed by atoms with Crippen molar-refractivity contribution in [3.63, 3.8) is 0 Å². The fraction of sp³-hybridized carbons (Fsp3) is 0.828. The van der Waals surface area contributed by atoms with Crippen LogP contribution in [-0.2, 0) is 9.63 Å². The minimum Gasteiger partial charge on any atom is -0.329 e. The molecular formula is C29H49N5O3. The lowest BCUT2D eigenvalue weighted by atomic mass is 9.46. The highest BCUT2D eigenvalue weighted by molar-refractivity contribution is 5.91. The molecule has 4 aliphatic carbocycles. The fourth-order valence-electron chi connectivity index (χ4n) is 8.48. The molecule has 8 heteroatoms. The van der Waals surface area contributed by atoms with Crippen molar-refractivity contribution in [2.75, 3.05) is 46.3 Å². The van der Waals surface area contributed by atoms with Gasteiger partial charge in [-0.25, -0.2) is 4.79 Å². The molecule has 3 saturated carbocycles. The maximum Gasteiger partial charge on any atom is 0.436 e. The summed E-state index contributed by atoms with van der Waals surface area (Å²) in [5, 5.41) is 10.8. The molecule has 0 saturated heterocycles. The summed E-state index contributed by atoms with van der Waals surface area (Å²) < 4.78 is 0. The van der Waals surface area contributed by atoms with E-state index in [1.165, 1.54) is 31.3 Å². The van der Waals surface area contributed by atoms with E-state index < -0.39 is 6.09 Å². The van der Waals surface area contributed by atoms with Crippen LogP contribution in [0.4, 0.5) is 4.79 Å². The van der Waals surface area contributed by atoms with Crippen LogP contribution in [0.1, 0.15) is 72.1 Å². The van der Waals surface area contributed by atoms with E-state index in [9.17, 15) is 9.59 Å². The normalized spacial score (nSPS) is 35.3. The van der Waals surface area contributed by atoms with Gasteiger partial charge in [0.15, 0.2) is 5.78 Å². The van der Waals surface area contributed by atoms with Crippen molar-refractivity contribution in [1.29, 1.82) is 0 Å². The average molecular weight is 516 g/mol. The number of nitrogens with two attached hydrogens (primary N) is 1. The summed E-state index contributed by atoms with van der Waals surface area (Å²) >= 11 is 0. The van der Waals surface area contributed by atoms with Crippen LogP contribution < -0.4 is 16.4 Å². The molecule has 0 aliphatic heterocycles. The lowest BCUT2D eigenvalue weighted by Gasteiger charge is -2.58. The van der Waals surface area contributed by atoms with Gasteiger partial charge >= 0.3 is 6.09 Å². The van der Waals surface area contributed by atoms with Gasteiger partial charge in [0.25, 0.3) is 0 Å². The number of allylic oxidation sites excluding steroid dienone is 1. The molecule has 0 spiro atoms. The van der Waals surface area contributed by atoms with Gasteiger partial charge in [-0.2, -0.15) is 0 Å². The summed E-state index contributed by atoms with van der Waals surface area (Å²) in [6, 6.07) is 0. The Hall–Kier alpha value is -1.77. The molecular weight excluding hydrogens is 466 g/mol. The van der Waals surface area contributed by atoms with E-state index in [4.69, 9.17) is 10.6 Å². The van der Waals surface area contributed by atoms with Gasteiger partial charge in [0.1, 0.15) is 0 Å². The first kappa shape index (κ1) is 28.2. The molecule has 0 aromatic rings. The smallest absolute Gasteiger partial charge is 0.329 e. The summed E-state index contributed by atoms with van der Waals surface area (Å²) in [4.78, 5) is 32.0. The standard InChI is InChI=1S/C29H49N5O3/c1-20(33-37-27(36)34(17-13-30)18-16-32-15-14-31-4)24-7-8-25-23-6-5-21-19-22(35)9-11-28(21,2)26(23)10-12-29(24,25)3/h19,23-26,31-32H,5-18,30H2,1-4H3/b33-20+/t23-,24+,25-,26-,28-,29+/m0/s1. The molecule has 4 aliphatic rings. The maximum atomic E-state index is 12.8. The van der Waals surface area contributed by atoms with Crippen molar-refractivity contribution < 1.29 is 14.4 Å². The molecule has 0 aromatic heterocycles. The maximum absolute atomic E-state index is 12.8. The predicted molar refractivity (Wildman–Crippen MR) is 147 cm³/mol. The molecule has 0 unspecified atom stereocenters. The lowest BCUT2D eigenvalue weighted by Crippen LogP contribution is -2.51. The Balaban J connectivity index is 1.39. The van der Waals surface area contributed by atoms with Crippen LogP contribution in [0.3, 0.4) is 0 Å². The van der Waals surface area contributed by atoms with Crippen LogP contribution in [-0.4, -0.2) is 68.8 Å². The summed E-state index contributed by atoms with van der Waals surface area (Å²) in [6.45, 7) is 10.7. The molecule has 0 radical (unpaired) electrons. The highest BCUT2D eigenvalue weighted by Crippen LogP contribution is 2.66. The van der Waals surface area contributed by atoms with Gasteiger partial charge in [-0.3, -0.25) is 9.63 Å². The van der Waals surface area contributed by atoms with E-state index in [1.807, 2.05) is 20.0 Å². The Morgan fingerprint density at radius 2 is 1.92 bits per heavy atom. The van der Waals surface area contributed by atoms with Crippen molar-refractivity contribution in [2.45, 2.75) is 72.1 Å².